The van der Waals surface area contributed by atoms with Crippen LogP contribution in [0, 0.1) is 19.8 Å². The van der Waals surface area contributed by atoms with Crippen molar-refractivity contribution in [1.82, 2.24) is 9.78 Å². The molecule has 2 rings (SSSR count). The molecule has 0 saturated heterocycles. The topological polar surface area (TPSA) is 84.2 Å². The number of carboxylic acid groups (broad SMARTS) is 1. The minimum Gasteiger partial charge on any atom is -0.481 e. The zero-order valence-electron chi connectivity index (χ0n) is 15.2. The maximum atomic E-state index is 12.5. The molecule has 2 N–H and O–H groups in total. The molecule has 25 heavy (non-hydrogen) atoms. The van der Waals surface area contributed by atoms with Crippen LogP contribution < -0.4 is 5.32 Å². The van der Waals surface area contributed by atoms with Gasteiger partial charge in [-0.3, -0.25) is 14.3 Å². The Hall–Kier alpha value is -2.63. The predicted octanol–water partition coefficient (Wildman–Crippen LogP) is 2.87. The molecule has 6 nitrogen and oxygen atoms in total. The second-order valence-electron chi connectivity index (χ2n) is 6.46. The van der Waals surface area contributed by atoms with Crippen molar-refractivity contribution in [3.8, 4) is 0 Å². The van der Waals surface area contributed by atoms with Crippen molar-refractivity contribution in [1.29, 1.82) is 0 Å². The largest absolute Gasteiger partial charge is 0.481 e. The molecule has 134 valence electrons. The van der Waals surface area contributed by atoms with Gasteiger partial charge < -0.3 is 10.4 Å². The van der Waals surface area contributed by atoms with Crippen LogP contribution in [0.5, 0.6) is 0 Å². The minimum absolute atomic E-state index is 0.0574. The van der Waals surface area contributed by atoms with Crippen molar-refractivity contribution >= 4 is 17.6 Å². The van der Waals surface area contributed by atoms with Gasteiger partial charge in [-0.05, 0) is 49.9 Å². The molecule has 0 spiro atoms. The van der Waals surface area contributed by atoms with Crippen molar-refractivity contribution in [2.75, 3.05) is 5.32 Å². The van der Waals surface area contributed by atoms with E-state index in [0.717, 1.165) is 22.5 Å². The molecule has 0 aliphatic heterocycles. The summed E-state index contributed by atoms with van der Waals surface area (Å²) in [6, 6.07) is 7.33. The van der Waals surface area contributed by atoms with Gasteiger partial charge in [0.05, 0.1) is 5.69 Å². The van der Waals surface area contributed by atoms with E-state index in [9.17, 15) is 9.59 Å². The number of carboxylic acids is 1. The summed E-state index contributed by atoms with van der Waals surface area (Å²) in [4.78, 5) is 23.2. The number of hydrogen-bond acceptors (Lipinski definition) is 3. The van der Waals surface area contributed by atoms with Crippen molar-refractivity contribution in [2.45, 2.75) is 40.0 Å². The van der Waals surface area contributed by atoms with Crippen molar-refractivity contribution < 1.29 is 14.7 Å². The van der Waals surface area contributed by atoms with E-state index in [0.29, 0.717) is 18.5 Å². The van der Waals surface area contributed by atoms with E-state index in [1.165, 1.54) is 0 Å². The highest BCUT2D eigenvalue weighted by atomic mass is 16.4. The third-order valence-electron chi connectivity index (χ3n) is 4.44. The highest BCUT2D eigenvalue weighted by Gasteiger charge is 2.18. The zero-order valence-corrected chi connectivity index (χ0v) is 15.2. The Morgan fingerprint density at radius 2 is 2.04 bits per heavy atom. The lowest BCUT2D eigenvalue weighted by Gasteiger charge is -2.13. The van der Waals surface area contributed by atoms with Gasteiger partial charge in [0.2, 0.25) is 5.91 Å². The summed E-state index contributed by atoms with van der Waals surface area (Å²) in [5, 5.41) is 16.1. The molecule has 0 fully saturated rings. The maximum absolute atomic E-state index is 12.5. The summed E-state index contributed by atoms with van der Waals surface area (Å²) < 4.78 is 1.83. The van der Waals surface area contributed by atoms with Gasteiger partial charge in [-0.2, -0.15) is 5.10 Å². The fraction of sp³-hybridized carbons (Fsp3) is 0.421. The van der Waals surface area contributed by atoms with E-state index < -0.39 is 5.97 Å². The third-order valence-corrected chi connectivity index (χ3v) is 4.44. The van der Waals surface area contributed by atoms with Crippen LogP contribution in [0.3, 0.4) is 0 Å². The van der Waals surface area contributed by atoms with Gasteiger partial charge in [0, 0.05) is 30.8 Å². The van der Waals surface area contributed by atoms with E-state index in [-0.39, 0.29) is 18.2 Å². The lowest BCUT2D eigenvalue weighted by Crippen LogP contribution is -2.22. The van der Waals surface area contributed by atoms with Crippen LogP contribution in [0.25, 0.3) is 0 Å². The standard InChI is InChI=1S/C19H25N3O3/c1-12(10-17-13(2)21-22(4)14(17)3)19(25)20-16-7-5-6-15(11-16)8-9-18(23)24/h5-7,11-12H,8-10H2,1-4H3,(H,20,25)(H,23,24). The fourth-order valence-corrected chi connectivity index (χ4v) is 2.83. The molecule has 0 bridgehead atoms. The number of nitrogens with one attached hydrogen (secondary N) is 1. The van der Waals surface area contributed by atoms with Gasteiger partial charge in [-0.15, -0.1) is 0 Å². The van der Waals surface area contributed by atoms with Gasteiger partial charge in [0.1, 0.15) is 0 Å². The summed E-state index contributed by atoms with van der Waals surface area (Å²) in [7, 11) is 1.90. The summed E-state index contributed by atoms with van der Waals surface area (Å²) >= 11 is 0. The molecule has 1 aromatic carbocycles. The highest BCUT2D eigenvalue weighted by molar-refractivity contribution is 5.92. The Morgan fingerprint density at radius 1 is 1.32 bits per heavy atom. The number of amides is 1. The average Bonchev–Trinajstić information content (AvgIpc) is 2.79. The van der Waals surface area contributed by atoms with Crippen molar-refractivity contribution in [2.24, 2.45) is 13.0 Å². The highest BCUT2D eigenvalue weighted by Crippen LogP contribution is 2.19. The Bertz CT molecular complexity index is 780. The first kappa shape index (κ1) is 18.7. The molecule has 1 amide bonds. The molecule has 0 aliphatic rings. The normalized spacial score (nSPS) is 12.0. The molecule has 1 atom stereocenters. The predicted molar refractivity (Wildman–Crippen MR) is 96.6 cm³/mol. The molecule has 2 aromatic rings. The number of rotatable bonds is 7. The molecule has 1 unspecified atom stereocenters. The first-order chi connectivity index (χ1) is 11.8. The zero-order chi connectivity index (χ0) is 18.6. The monoisotopic (exact) mass is 343 g/mol. The number of aliphatic carboxylic acids is 1. The van der Waals surface area contributed by atoms with Gasteiger partial charge in [0.25, 0.3) is 0 Å². The molecule has 0 radical (unpaired) electrons. The second-order valence-corrected chi connectivity index (χ2v) is 6.46. The average molecular weight is 343 g/mol. The number of carbonyl (C=O) groups excluding carboxylic acids is 1. The lowest BCUT2D eigenvalue weighted by molar-refractivity contribution is -0.137. The molecule has 6 heteroatoms. The molecular formula is C19H25N3O3. The number of aromatic nitrogens is 2. The van der Waals surface area contributed by atoms with E-state index in [1.807, 2.05) is 56.8 Å². The molecule has 1 aromatic heterocycles. The number of anilines is 1. The van der Waals surface area contributed by atoms with Crippen molar-refractivity contribution in [3.63, 3.8) is 0 Å². The summed E-state index contributed by atoms with van der Waals surface area (Å²) in [5.74, 6) is -1.08. The van der Waals surface area contributed by atoms with Crippen LogP contribution in [0.15, 0.2) is 24.3 Å². The summed E-state index contributed by atoms with van der Waals surface area (Å²) in [5.41, 5.74) is 4.73. The van der Waals surface area contributed by atoms with Crippen LogP contribution in [-0.4, -0.2) is 26.8 Å². The Balaban J connectivity index is 2.01. The van der Waals surface area contributed by atoms with Gasteiger partial charge in [-0.25, -0.2) is 0 Å². The first-order valence-electron chi connectivity index (χ1n) is 8.38. The van der Waals surface area contributed by atoms with E-state index in [2.05, 4.69) is 10.4 Å². The number of carbonyl (C=O) groups is 2. The maximum Gasteiger partial charge on any atom is 0.303 e. The van der Waals surface area contributed by atoms with Gasteiger partial charge in [-0.1, -0.05) is 19.1 Å². The SMILES string of the molecule is Cc1nn(C)c(C)c1CC(C)C(=O)Nc1cccc(CCC(=O)O)c1. The van der Waals surface area contributed by atoms with Crippen LogP contribution in [0.2, 0.25) is 0 Å². The number of benzene rings is 1. The van der Waals surface area contributed by atoms with Gasteiger partial charge >= 0.3 is 5.97 Å². The van der Waals surface area contributed by atoms with E-state index in [1.54, 1.807) is 0 Å². The van der Waals surface area contributed by atoms with Crippen LogP contribution in [0.4, 0.5) is 5.69 Å². The van der Waals surface area contributed by atoms with Crippen LogP contribution in [0.1, 0.15) is 35.9 Å². The Morgan fingerprint density at radius 3 is 2.64 bits per heavy atom. The quantitative estimate of drug-likeness (QED) is 0.809. The second kappa shape index (κ2) is 7.96. The van der Waals surface area contributed by atoms with Crippen molar-refractivity contribution in [3.05, 3.63) is 46.8 Å². The van der Waals surface area contributed by atoms with Gasteiger partial charge in [0.15, 0.2) is 0 Å². The summed E-state index contributed by atoms with van der Waals surface area (Å²) in [6.07, 6.45) is 1.16. The Labute approximate surface area is 147 Å². The fourth-order valence-electron chi connectivity index (χ4n) is 2.83. The number of hydrogen-bond donors (Lipinski definition) is 2. The van der Waals surface area contributed by atoms with E-state index >= 15 is 0 Å². The number of nitrogens with zero attached hydrogens (tertiary/aromatic N) is 2. The molecular weight excluding hydrogens is 318 g/mol. The minimum atomic E-state index is -0.828. The smallest absolute Gasteiger partial charge is 0.303 e. The first-order valence-corrected chi connectivity index (χ1v) is 8.38. The molecule has 1 heterocycles. The molecule has 0 aliphatic carbocycles. The lowest BCUT2D eigenvalue weighted by atomic mass is 9.98. The Kier molecular flexibility index (Phi) is 5.96. The number of aryl methyl sites for hydroxylation is 3. The van der Waals surface area contributed by atoms with Crippen LogP contribution in [-0.2, 0) is 29.5 Å². The van der Waals surface area contributed by atoms with Crippen LogP contribution >= 0.6 is 0 Å². The summed E-state index contributed by atoms with van der Waals surface area (Å²) in [6.45, 7) is 5.86. The third kappa shape index (κ3) is 4.92. The van der Waals surface area contributed by atoms with E-state index in [4.69, 9.17) is 5.11 Å². The molecule has 0 saturated carbocycles.